The van der Waals surface area contributed by atoms with Crippen molar-refractivity contribution in [2.24, 2.45) is 10.2 Å². The fourth-order valence-electron chi connectivity index (χ4n) is 3.74. The topological polar surface area (TPSA) is 140 Å². The Hall–Kier alpha value is -2.70. The average molecular weight is 596 g/mol. The minimum atomic E-state index is -4.64. The summed E-state index contributed by atoms with van der Waals surface area (Å²) in [7, 11) is -3.20. The average Bonchev–Trinajstić information content (AvgIpc) is 2.89. The van der Waals surface area contributed by atoms with Gasteiger partial charge < -0.3 is 15.2 Å². The fourth-order valence-corrected chi connectivity index (χ4v) is 5.06. The Balaban J connectivity index is 0.00000420. The molecule has 0 spiro atoms. The number of aryl methyl sites for hydroxylation is 1. The molecule has 39 heavy (non-hydrogen) atoms. The van der Waals surface area contributed by atoms with Crippen LogP contribution in [0.4, 0.5) is 17.1 Å². The van der Waals surface area contributed by atoms with Crippen molar-refractivity contribution in [3.05, 3.63) is 81.8 Å². The molecular formula is C26H20Cl2N3NaO6S. The molecule has 0 radical (unpaired) electrons. The van der Waals surface area contributed by atoms with Gasteiger partial charge in [-0.1, -0.05) is 66.2 Å². The van der Waals surface area contributed by atoms with E-state index in [1.165, 1.54) is 25.3 Å². The molecule has 4 aromatic rings. The van der Waals surface area contributed by atoms with Gasteiger partial charge in [0, 0.05) is 10.9 Å². The first kappa shape index (κ1) is 30.8. The number of fused-ring (bicyclic) bond motifs is 1. The van der Waals surface area contributed by atoms with Gasteiger partial charge in [0.25, 0.3) is 16.0 Å². The third kappa shape index (κ3) is 6.55. The maximum absolute atomic E-state index is 13.4. The van der Waals surface area contributed by atoms with Crippen molar-refractivity contribution in [2.45, 2.75) is 18.2 Å². The number of methoxy groups -OCH3 is 1. The second kappa shape index (κ2) is 12.6. The zero-order valence-corrected chi connectivity index (χ0v) is 25.4. The monoisotopic (exact) mass is 595 g/mol. The van der Waals surface area contributed by atoms with Gasteiger partial charge in [-0.2, -0.15) is 13.5 Å². The number of amides is 1. The third-order valence-corrected chi connectivity index (χ3v) is 7.45. The van der Waals surface area contributed by atoms with Crippen LogP contribution in [0, 0.1) is 0 Å². The van der Waals surface area contributed by atoms with Gasteiger partial charge in [-0.3, -0.25) is 9.35 Å². The molecule has 0 aliphatic rings. The number of nitrogens with one attached hydrogen (secondary N) is 1. The molecule has 1 amide bonds. The van der Waals surface area contributed by atoms with Gasteiger partial charge in [-0.15, -0.1) is 5.11 Å². The second-order valence-electron chi connectivity index (χ2n) is 8.05. The summed E-state index contributed by atoms with van der Waals surface area (Å²) in [4.78, 5) is 12.6. The summed E-state index contributed by atoms with van der Waals surface area (Å²) in [6.07, 6.45) is 0.417. The molecule has 0 bridgehead atoms. The van der Waals surface area contributed by atoms with Gasteiger partial charge in [-0.05, 0) is 47.7 Å². The van der Waals surface area contributed by atoms with E-state index in [1.54, 1.807) is 49.4 Å². The van der Waals surface area contributed by atoms with Crippen LogP contribution in [0.5, 0.6) is 11.5 Å². The Morgan fingerprint density at radius 3 is 2.44 bits per heavy atom. The molecule has 0 saturated carbocycles. The molecule has 0 heterocycles. The Morgan fingerprint density at radius 2 is 1.77 bits per heavy atom. The second-order valence-corrected chi connectivity index (χ2v) is 10.2. The Bertz CT molecular complexity index is 1710. The van der Waals surface area contributed by atoms with E-state index in [0.29, 0.717) is 28.5 Å². The van der Waals surface area contributed by atoms with E-state index < -0.39 is 26.7 Å². The van der Waals surface area contributed by atoms with E-state index >= 15 is 0 Å². The predicted octanol–water partition coefficient (Wildman–Crippen LogP) is 3.71. The molecule has 0 fully saturated rings. The normalized spacial score (nSPS) is 11.4. The van der Waals surface area contributed by atoms with Gasteiger partial charge in [0.15, 0.2) is 0 Å². The maximum Gasteiger partial charge on any atom is 1.00 e. The molecular weight excluding hydrogens is 576 g/mol. The van der Waals surface area contributed by atoms with Crippen LogP contribution >= 0.6 is 23.2 Å². The largest absolute Gasteiger partial charge is 1.00 e. The maximum atomic E-state index is 13.4. The zero-order chi connectivity index (χ0) is 27.6. The van der Waals surface area contributed by atoms with E-state index in [9.17, 15) is 22.9 Å². The number of rotatable bonds is 7. The Morgan fingerprint density at radius 1 is 1.05 bits per heavy atom. The van der Waals surface area contributed by atoms with Crippen LogP contribution in [0.2, 0.25) is 10.0 Å². The number of azo groups is 1. The first-order valence-electron chi connectivity index (χ1n) is 11.1. The zero-order valence-electron chi connectivity index (χ0n) is 21.0. The molecule has 0 saturated heterocycles. The SMILES string of the molecule is CCc1cc(N=Nc2c([O-])c(C(=O)Nc3cccc(OC)c3Cl)cc3ccccc23)c(Cl)c(S(=O)(=O)O)c1.[Na+]. The van der Waals surface area contributed by atoms with Crippen molar-refractivity contribution in [2.75, 3.05) is 12.4 Å². The first-order chi connectivity index (χ1) is 18.0. The Kier molecular flexibility index (Phi) is 10.0. The molecule has 13 heteroatoms. The van der Waals surface area contributed by atoms with Crippen molar-refractivity contribution >= 4 is 67.1 Å². The Labute approximate surface area is 256 Å². The van der Waals surface area contributed by atoms with Crippen molar-refractivity contribution in [3.8, 4) is 11.5 Å². The summed E-state index contributed by atoms with van der Waals surface area (Å²) in [5.74, 6) is -1.11. The van der Waals surface area contributed by atoms with E-state index in [1.807, 2.05) is 0 Å². The number of carbonyl (C=O) groups excluding carboxylic acids is 1. The summed E-state index contributed by atoms with van der Waals surface area (Å²) >= 11 is 12.5. The van der Waals surface area contributed by atoms with Crippen molar-refractivity contribution in [1.29, 1.82) is 0 Å². The number of hydrogen-bond donors (Lipinski definition) is 2. The molecule has 2 N–H and O–H groups in total. The number of anilines is 1. The molecule has 9 nitrogen and oxygen atoms in total. The smallest absolute Gasteiger partial charge is 0.870 e. The van der Waals surface area contributed by atoms with Gasteiger partial charge >= 0.3 is 29.6 Å². The summed E-state index contributed by atoms with van der Waals surface area (Å²) < 4.78 is 38.3. The van der Waals surface area contributed by atoms with Crippen LogP contribution in [0.3, 0.4) is 0 Å². The number of hydrogen-bond acceptors (Lipinski definition) is 7. The van der Waals surface area contributed by atoms with Crippen molar-refractivity contribution < 1.29 is 57.2 Å². The quantitative estimate of drug-likeness (QED) is 0.189. The third-order valence-electron chi connectivity index (χ3n) is 5.68. The number of benzene rings is 4. The summed E-state index contributed by atoms with van der Waals surface area (Å²) in [5, 5.41) is 24.9. The van der Waals surface area contributed by atoms with E-state index in [4.69, 9.17) is 27.9 Å². The minimum absolute atomic E-state index is 0. The molecule has 0 unspecified atom stereocenters. The van der Waals surface area contributed by atoms with Crippen LogP contribution in [0.1, 0.15) is 22.8 Å². The van der Waals surface area contributed by atoms with E-state index in [2.05, 4.69) is 15.5 Å². The molecule has 4 rings (SSSR count). The van der Waals surface area contributed by atoms with Crippen LogP contribution in [-0.4, -0.2) is 26.0 Å². The first-order valence-corrected chi connectivity index (χ1v) is 13.3. The summed E-state index contributed by atoms with van der Waals surface area (Å²) in [6.45, 7) is 1.78. The van der Waals surface area contributed by atoms with Gasteiger partial charge in [0.1, 0.15) is 21.4 Å². The molecule has 4 aromatic carbocycles. The minimum Gasteiger partial charge on any atom is -0.870 e. The van der Waals surface area contributed by atoms with Gasteiger partial charge in [0.05, 0.1) is 23.5 Å². The van der Waals surface area contributed by atoms with Crippen LogP contribution in [0.25, 0.3) is 10.8 Å². The summed E-state index contributed by atoms with van der Waals surface area (Å²) in [6, 6.07) is 15.7. The van der Waals surface area contributed by atoms with Crippen LogP contribution < -0.4 is 44.7 Å². The molecule has 0 aromatic heterocycles. The predicted molar refractivity (Wildman–Crippen MR) is 144 cm³/mol. The number of carbonyl (C=O) groups is 1. The molecule has 196 valence electrons. The number of halogens is 2. The number of ether oxygens (including phenoxy) is 1. The molecule has 0 aliphatic carbocycles. The summed E-state index contributed by atoms with van der Waals surface area (Å²) in [5.41, 5.74) is 0.319. The van der Waals surface area contributed by atoms with Gasteiger partial charge in [0.2, 0.25) is 0 Å². The van der Waals surface area contributed by atoms with Gasteiger partial charge in [-0.25, -0.2) is 0 Å². The van der Waals surface area contributed by atoms with Crippen molar-refractivity contribution in [3.63, 3.8) is 0 Å². The molecule has 0 atom stereocenters. The van der Waals surface area contributed by atoms with E-state index in [-0.39, 0.29) is 62.2 Å². The van der Waals surface area contributed by atoms with Crippen LogP contribution in [0.15, 0.2) is 75.8 Å². The van der Waals surface area contributed by atoms with E-state index in [0.717, 1.165) is 0 Å². The van der Waals surface area contributed by atoms with Crippen molar-refractivity contribution in [1.82, 2.24) is 0 Å². The standard InChI is InChI=1S/C26H21Cl2N3O6S.Na/c1-3-14-11-19(23(28)21(12-14)38(34,35)36)30-31-24-16-8-5-4-7-15(16)13-17(25(24)32)26(33)29-18-9-6-10-20(37-2)22(18)27;/h4-13,32H,3H2,1-2H3,(H,29,33)(H,34,35,36);/q;+1/p-1. The molecule has 0 aliphatic heterocycles. The van der Waals surface area contributed by atoms with Crippen LogP contribution in [-0.2, 0) is 16.5 Å². The fraction of sp³-hybridized carbons (Fsp3) is 0.115. The number of nitrogens with zero attached hydrogens (tertiary/aromatic N) is 2.